The molecule has 3 aromatic carbocycles. The third-order valence-corrected chi connectivity index (χ3v) is 7.55. The van der Waals surface area contributed by atoms with Gasteiger partial charge in [-0.2, -0.15) is 5.26 Å². The molecule has 1 saturated heterocycles. The number of hydrogen-bond donors (Lipinski definition) is 1. The Bertz CT molecular complexity index is 1370. The van der Waals surface area contributed by atoms with Gasteiger partial charge in [0.15, 0.2) is 0 Å². The number of hydrogen-bond acceptors (Lipinski definition) is 5. The van der Waals surface area contributed by atoms with Gasteiger partial charge in [0.25, 0.3) is 5.91 Å². The van der Waals surface area contributed by atoms with Gasteiger partial charge in [-0.15, -0.1) is 0 Å². The van der Waals surface area contributed by atoms with Crippen molar-refractivity contribution >= 4 is 35.0 Å². The van der Waals surface area contributed by atoms with E-state index in [1.165, 1.54) is 22.2 Å². The summed E-state index contributed by atoms with van der Waals surface area (Å²) in [7, 11) is 0. The minimum Gasteiger partial charge on any atom is -0.494 e. The molecule has 4 rings (SSSR count). The summed E-state index contributed by atoms with van der Waals surface area (Å²) in [6.45, 7) is 8.67. The minimum atomic E-state index is -0.551. The van der Waals surface area contributed by atoms with Crippen molar-refractivity contribution in [3.05, 3.63) is 100 Å². The molecule has 1 aliphatic heterocycles. The van der Waals surface area contributed by atoms with E-state index in [2.05, 4.69) is 37.4 Å². The van der Waals surface area contributed by atoms with Crippen LogP contribution in [0.1, 0.15) is 43.4 Å². The molecule has 0 saturated carbocycles. The van der Waals surface area contributed by atoms with Crippen LogP contribution < -0.4 is 15.0 Å². The maximum absolute atomic E-state index is 13.7. The second-order valence-electron chi connectivity index (χ2n) is 9.42. The monoisotopic (exact) mass is 525 g/mol. The van der Waals surface area contributed by atoms with Crippen molar-refractivity contribution in [2.45, 2.75) is 45.3 Å². The highest BCUT2D eigenvalue weighted by Gasteiger charge is 2.40. The van der Waals surface area contributed by atoms with E-state index in [-0.39, 0.29) is 11.5 Å². The second-order valence-corrected chi connectivity index (χ2v) is 10.6. The molecule has 0 bridgehead atoms. The Hall–Kier alpha value is -4.02. The summed E-state index contributed by atoms with van der Waals surface area (Å²) in [6.07, 6.45) is 0.483. The first kappa shape index (κ1) is 27.0. The second kappa shape index (κ2) is 12.0. The topological polar surface area (TPSA) is 82.4 Å². The van der Waals surface area contributed by atoms with E-state index in [1.54, 1.807) is 36.4 Å². The number of nitriles is 1. The molecule has 194 valence electrons. The average Bonchev–Trinajstić information content (AvgIpc) is 3.22. The van der Waals surface area contributed by atoms with Crippen LogP contribution in [-0.4, -0.2) is 23.7 Å². The van der Waals surface area contributed by atoms with Crippen LogP contribution in [0.5, 0.6) is 5.75 Å². The maximum atomic E-state index is 13.7. The third kappa shape index (κ3) is 6.09. The Morgan fingerprint density at radius 1 is 1.05 bits per heavy atom. The summed E-state index contributed by atoms with van der Waals surface area (Å²) in [5.74, 6) is 0.379. The highest BCUT2D eigenvalue weighted by Crippen LogP contribution is 2.42. The van der Waals surface area contributed by atoms with Gasteiger partial charge < -0.3 is 10.1 Å². The van der Waals surface area contributed by atoms with E-state index in [4.69, 9.17) is 4.74 Å². The number of nitrogens with zero attached hydrogens (tertiary/aromatic N) is 2. The molecule has 1 heterocycles. The number of carbonyl (C=O) groups excluding carboxylic acids is 2. The molecule has 1 aliphatic rings. The van der Waals surface area contributed by atoms with Gasteiger partial charge in [-0.1, -0.05) is 67.6 Å². The first-order valence-electron chi connectivity index (χ1n) is 12.7. The number of nitrogens with one attached hydrogen (secondary N) is 1. The molecule has 1 atom stereocenters. The van der Waals surface area contributed by atoms with Gasteiger partial charge in [0.1, 0.15) is 22.4 Å². The fourth-order valence-electron chi connectivity index (χ4n) is 4.16. The van der Waals surface area contributed by atoms with E-state index >= 15 is 0 Å². The molecule has 6 nitrogen and oxygen atoms in total. The van der Waals surface area contributed by atoms with Crippen molar-refractivity contribution in [3.8, 4) is 11.8 Å². The van der Waals surface area contributed by atoms with Crippen LogP contribution in [0, 0.1) is 18.3 Å². The fourth-order valence-corrected chi connectivity index (χ4v) is 5.47. The van der Waals surface area contributed by atoms with Crippen LogP contribution in [-0.2, 0) is 16.0 Å². The van der Waals surface area contributed by atoms with Crippen molar-refractivity contribution in [1.29, 1.82) is 5.26 Å². The Labute approximate surface area is 228 Å². The summed E-state index contributed by atoms with van der Waals surface area (Å²) in [6, 6.07) is 24.8. The van der Waals surface area contributed by atoms with Crippen molar-refractivity contribution in [2.24, 2.45) is 0 Å². The molecule has 0 spiro atoms. The number of benzene rings is 3. The van der Waals surface area contributed by atoms with E-state index in [0.29, 0.717) is 41.1 Å². The predicted octanol–water partition coefficient (Wildman–Crippen LogP) is 6.58. The summed E-state index contributed by atoms with van der Waals surface area (Å²) < 4.78 is 5.55. The van der Waals surface area contributed by atoms with Gasteiger partial charge >= 0.3 is 0 Å². The molecule has 38 heavy (non-hydrogen) atoms. The lowest BCUT2D eigenvalue weighted by atomic mass is 10.00. The molecule has 2 amide bonds. The van der Waals surface area contributed by atoms with Gasteiger partial charge in [-0.05, 0) is 73.7 Å². The maximum Gasteiger partial charge on any atom is 0.269 e. The number of anilines is 2. The van der Waals surface area contributed by atoms with E-state index < -0.39 is 11.2 Å². The van der Waals surface area contributed by atoms with Gasteiger partial charge in [0, 0.05) is 11.4 Å². The standard InChI is InChI=1S/C31H31N3O3S/c1-5-37-26-16-14-25(15-17-26)34-30(36)28(18-22-8-10-23(11-9-22)20(2)3)38-31(34)27(19-32)29(35)33-24-12-6-21(4)7-13-24/h6-17,20,28H,5,18H2,1-4H3,(H,33,35)/b31-27-. The smallest absolute Gasteiger partial charge is 0.269 e. The number of rotatable bonds is 8. The van der Waals surface area contributed by atoms with Crippen LogP contribution in [0.3, 0.4) is 0 Å². The fraction of sp³-hybridized carbons (Fsp3) is 0.258. The molecule has 1 N–H and O–H groups in total. The zero-order valence-corrected chi connectivity index (χ0v) is 22.8. The van der Waals surface area contributed by atoms with E-state index in [1.807, 2.05) is 38.1 Å². The molecule has 0 radical (unpaired) electrons. The Morgan fingerprint density at radius 3 is 2.29 bits per heavy atom. The summed E-state index contributed by atoms with van der Waals surface area (Å²) in [4.78, 5) is 28.5. The number of ether oxygens (including phenoxy) is 1. The largest absolute Gasteiger partial charge is 0.494 e. The molecule has 0 aliphatic carbocycles. The number of amides is 2. The Balaban J connectivity index is 1.69. The minimum absolute atomic E-state index is 0.101. The van der Waals surface area contributed by atoms with E-state index in [0.717, 1.165) is 11.1 Å². The van der Waals surface area contributed by atoms with Crippen molar-refractivity contribution in [1.82, 2.24) is 0 Å². The molecule has 3 aromatic rings. The quantitative estimate of drug-likeness (QED) is 0.265. The molecule has 0 aromatic heterocycles. The van der Waals surface area contributed by atoms with Crippen molar-refractivity contribution in [2.75, 3.05) is 16.8 Å². The first-order valence-corrected chi connectivity index (χ1v) is 13.5. The van der Waals surface area contributed by atoms with Crippen LogP contribution in [0.15, 0.2) is 83.4 Å². The third-order valence-electron chi connectivity index (χ3n) is 6.29. The lowest BCUT2D eigenvalue weighted by Crippen LogP contribution is -2.30. The van der Waals surface area contributed by atoms with Crippen molar-refractivity contribution < 1.29 is 14.3 Å². The number of aryl methyl sites for hydroxylation is 1. The lowest BCUT2D eigenvalue weighted by Gasteiger charge is -2.19. The zero-order valence-electron chi connectivity index (χ0n) is 22.0. The SMILES string of the molecule is CCOc1ccc(N2C(=O)C(Cc3ccc(C(C)C)cc3)S/C2=C(/C#N)C(=O)Nc2ccc(C)cc2)cc1. The van der Waals surface area contributed by atoms with Crippen LogP contribution in [0.2, 0.25) is 0 Å². The number of carbonyl (C=O) groups is 2. The van der Waals surface area contributed by atoms with Gasteiger partial charge in [0.05, 0.1) is 11.9 Å². The van der Waals surface area contributed by atoms with Gasteiger partial charge in [-0.3, -0.25) is 14.5 Å². The summed E-state index contributed by atoms with van der Waals surface area (Å²) in [5.41, 5.74) is 4.37. The molecular formula is C31H31N3O3S. The van der Waals surface area contributed by atoms with Crippen molar-refractivity contribution in [3.63, 3.8) is 0 Å². The Morgan fingerprint density at radius 2 is 1.71 bits per heavy atom. The predicted molar refractivity (Wildman–Crippen MR) is 153 cm³/mol. The lowest BCUT2D eigenvalue weighted by molar-refractivity contribution is -0.117. The van der Waals surface area contributed by atoms with Crippen LogP contribution in [0.25, 0.3) is 0 Å². The summed E-state index contributed by atoms with van der Waals surface area (Å²) >= 11 is 1.26. The normalized spacial score (nSPS) is 16.4. The molecule has 7 heteroatoms. The van der Waals surface area contributed by atoms with Crippen LogP contribution >= 0.6 is 11.8 Å². The highest BCUT2D eigenvalue weighted by atomic mass is 32.2. The molecular weight excluding hydrogens is 494 g/mol. The van der Waals surface area contributed by atoms with Gasteiger partial charge in [-0.25, -0.2) is 0 Å². The molecule has 1 fully saturated rings. The first-order chi connectivity index (χ1) is 18.3. The average molecular weight is 526 g/mol. The van der Waals surface area contributed by atoms with Gasteiger partial charge in [0.2, 0.25) is 5.91 Å². The summed E-state index contributed by atoms with van der Waals surface area (Å²) in [5, 5.41) is 12.7. The highest BCUT2D eigenvalue weighted by molar-refractivity contribution is 8.05. The zero-order chi connectivity index (χ0) is 27.2. The Kier molecular flexibility index (Phi) is 8.55. The van der Waals surface area contributed by atoms with Crippen LogP contribution in [0.4, 0.5) is 11.4 Å². The number of thioether (sulfide) groups is 1. The molecule has 1 unspecified atom stereocenters. The van der Waals surface area contributed by atoms with E-state index in [9.17, 15) is 14.9 Å².